The summed E-state index contributed by atoms with van der Waals surface area (Å²) in [5, 5.41) is 8.64. The van der Waals surface area contributed by atoms with Gasteiger partial charge in [0, 0.05) is 14.7 Å². The van der Waals surface area contributed by atoms with Crippen LogP contribution in [0, 0.1) is 0 Å². The van der Waals surface area contributed by atoms with Crippen LogP contribution in [0.2, 0.25) is 24.7 Å². The lowest BCUT2D eigenvalue weighted by molar-refractivity contribution is 0.294. The van der Waals surface area contributed by atoms with Gasteiger partial charge in [0.2, 0.25) is 0 Å². The fraction of sp³-hybridized carbons (Fsp3) is 1.00. The molecular formula is C8H20OSi. The van der Waals surface area contributed by atoms with Crippen molar-refractivity contribution in [1.82, 2.24) is 0 Å². The average Bonchev–Trinajstić information content (AvgIpc) is 2.00. The topological polar surface area (TPSA) is 20.2 Å². The van der Waals surface area contributed by atoms with Crippen LogP contribution in [0.15, 0.2) is 0 Å². The molecule has 0 atom stereocenters. The van der Waals surface area contributed by atoms with Crippen LogP contribution >= 0.6 is 0 Å². The van der Waals surface area contributed by atoms with Crippen molar-refractivity contribution < 1.29 is 5.11 Å². The highest BCUT2D eigenvalue weighted by Crippen LogP contribution is 2.21. The van der Waals surface area contributed by atoms with Crippen LogP contribution in [-0.2, 0) is 0 Å². The molecule has 0 spiro atoms. The molecule has 0 aliphatic heterocycles. The molecular weight excluding hydrogens is 140 g/mol. The van der Waals surface area contributed by atoms with Gasteiger partial charge in [-0.3, -0.25) is 0 Å². The van der Waals surface area contributed by atoms with Gasteiger partial charge in [-0.2, -0.15) is 0 Å². The summed E-state index contributed by atoms with van der Waals surface area (Å²) in [5.41, 5.74) is 0. The van der Waals surface area contributed by atoms with E-state index >= 15 is 0 Å². The van der Waals surface area contributed by atoms with Crippen molar-refractivity contribution in [2.75, 3.05) is 6.61 Å². The maximum absolute atomic E-state index is 8.64. The first-order chi connectivity index (χ1) is 4.68. The van der Waals surface area contributed by atoms with E-state index < -0.39 is 8.07 Å². The van der Waals surface area contributed by atoms with E-state index in [9.17, 15) is 0 Å². The highest BCUT2D eigenvalue weighted by atomic mass is 28.3. The Kier molecular flexibility index (Phi) is 5.00. The second kappa shape index (κ2) is 4.91. The van der Waals surface area contributed by atoms with Crippen LogP contribution in [0.3, 0.4) is 0 Å². The largest absolute Gasteiger partial charge is 0.396 e. The van der Waals surface area contributed by atoms with Crippen molar-refractivity contribution in [3.8, 4) is 0 Å². The first kappa shape index (κ1) is 10.2. The Labute approximate surface area is 65.5 Å². The standard InChI is InChI=1S/C8H20OSi/c1-4-10(3,5-2)8-6-7-9/h9H,4-8H2,1-3H3. The Morgan fingerprint density at radius 3 is 2.00 bits per heavy atom. The molecule has 0 saturated carbocycles. The molecule has 0 fully saturated rings. The molecule has 0 radical (unpaired) electrons. The maximum atomic E-state index is 8.64. The fourth-order valence-corrected chi connectivity index (χ4v) is 3.33. The third-order valence-corrected chi connectivity index (χ3v) is 7.62. The lowest BCUT2D eigenvalue weighted by atomic mass is 10.5. The van der Waals surface area contributed by atoms with E-state index in [1.54, 1.807) is 0 Å². The van der Waals surface area contributed by atoms with Gasteiger partial charge in [0.15, 0.2) is 0 Å². The molecule has 0 aromatic carbocycles. The summed E-state index contributed by atoms with van der Waals surface area (Å²) in [6.07, 6.45) is 1.02. The van der Waals surface area contributed by atoms with E-state index in [0.29, 0.717) is 6.61 Å². The van der Waals surface area contributed by atoms with Gasteiger partial charge in [-0.1, -0.05) is 38.5 Å². The Morgan fingerprint density at radius 1 is 1.20 bits per heavy atom. The van der Waals surface area contributed by atoms with Crippen molar-refractivity contribution in [3.05, 3.63) is 0 Å². The van der Waals surface area contributed by atoms with Gasteiger partial charge in [-0.15, -0.1) is 0 Å². The smallest absolute Gasteiger partial charge is 0.0500 e. The number of hydrogen-bond donors (Lipinski definition) is 1. The van der Waals surface area contributed by atoms with E-state index in [-0.39, 0.29) is 0 Å². The van der Waals surface area contributed by atoms with Gasteiger partial charge >= 0.3 is 0 Å². The average molecular weight is 160 g/mol. The molecule has 0 aromatic heterocycles. The van der Waals surface area contributed by atoms with Gasteiger partial charge in [-0.25, -0.2) is 0 Å². The van der Waals surface area contributed by atoms with Crippen LogP contribution in [0.1, 0.15) is 20.3 Å². The highest BCUT2D eigenvalue weighted by molar-refractivity contribution is 6.78. The van der Waals surface area contributed by atoms with Gasteiger partial charge in [-0.05, 0) is 6.42 Å². The Balaban J connectivity index is 3.58. The van der Waals surface area contributed by atoms with Gasteiger partial charge in [0.1, 0.15) is 0 Å². The second-order valence-corrected chi connectivity index (χ2v) is 8.88. The summed E-state index contributed by atoms with van der Waals surface area (Å²) < 4.78 is 0. The zero-order chi connectivity index (χ0) is 8.04. The summed E-state index contributed by atoms with van der Waals surface area (Å²) in [7, 11) is -0.878. The predicted molar refractivity (Wildman–Crippen MR) is 49.1 cm³/mol. The van der Waals surface area contributed by atoms with Crippen molar-refractivity contribution >= 4 is 8.07 Å². The molecule has 0 bridgehead atoms. The lowest BCUT2D eigenvalue weighted by Crippen LogP contribution is -2.27. The quantitative estimate of drug-likeness (QED) is 0.613. The minimum absolute atomic E-state index is 0.378. The first-order valence-corrected chi connectivity index (χ1v) is 7.41. The van der Waals surface area contributed by atoms with E-state index in [1.807, 2.05) is 0 Å². The molecule has 1 nitrogen and oxygen atoms in total. The van der Waals surface area contributed by atoms with Crippen LogP contribution in [0.25, 0.3) is 0 Å². The molecule has 0 rings (SSSR count). The highest BCUT2D eigenvalue weighted by Gasteiger charge is 2.20. The van der Waals surface area contributed by atoms with Crippen LogP contribution in [-0.4, -0.2) is 19.8 Å². The van der Waals surface area contributed by atoms with Crippen LogP contribution < -0.4 is 0 Å². The first-order valence-electron chi connectivity index (χ1n) is 4.29. The van der Waals surface area contributed by atoms with Crippen LogP contribution in [0.4, 0.5) is 0 Å². The molecule has 0 unspecified atom stereocenters. The van der Waals surface area contributed by atoms with Gasteiger partial charge < -0.3 is 5.11 Å². The Hall–Kier alpha value is 0.177. The molecule has 0 amide bonds. The van der Waals surface area contributed by atoms with E-state index in [4.69, 9.17) is 5.11 Å². The number of aliphatic hydroxyl groups excluding tert-OH is 1. The number of rotatable bonds is 5. The summed E-state index contributed by atoms with van der Waals surface area (Å²) in [4.78, 5) is 0. The zero-order valence-electron chi connectivity index (χ0n) is 7.48. The van der Waals surface area contributed by atoms with Crippen LogP contribution in [0.5, 0.6) is 0 Å². The van der Waals surface area contributed by atoms with Gasteiger partial charge in [0.25, 0.3) is 0 Å². The van der Waals surface area contributed by atoms with Crippen molar-refractivity contribution in [1.29, 1.82) is 0 Å². The van der Waals surface area contributed by atoms with E-state index in [0.717, 1.165) is 6.42 Å². The number of hydrogen-bond acceptors (Lipinski definition) is 1. The minimum Gasteiger partial charge on any atom is -0.396 e. The SMILES string of the molecule is CC[Si](C)(CC)CCCO. The Bertz CT molecular complexity index is 79.3. The molecule has 0 heterocycles. The third kappa shape index (κ3) is 3.37. The predicted octanol–water partition coefficient (Wildman–Crippen LogP) is 2.49. The number of aliphatic hydroxyl groups is 1. The summed E-state index contributed by atoms with van der Waals surface area (Å²) >= 11 is 0. The van der Waals surface area contributed by atoms with E-state index in [2.05, 4.69) is 20.4 Å². The molecule has 10 heavy (non-hydrogen) atoms. The maximum Gasteiger partial charge on any atom is 0.0500 e. The van der Waals surface area contributed by atoms with Gasteiger partial charge in [0.05, 0.1) is 0 Å². The lowest BCUT2D eigenvalue weighted by Gasteiger charge is -2.23. The molecule has 0 saturated heterocycles. The monoisotopic (exact) mass is 160 g/mol. The molecule has 0 aromatic rings. The molecule has 1 N–H and O–H groups in total. The molecule has 2 heteroatoms. The fourth-order valence-electron chi connectivity index (χ4n) is 1.11. The van der Waals surface area contributed by atoms with Crippen molar-refractivity contribution in [2.24, 2.45) is 0 Å². The molecule has 0 aliphatic carbocycles. The third-order valence-electron chi connectivity index (χ3n) is 2.65. The Morgan fingerprint density at radius 2 is 1.70 bits per heavy atom. The van der Waals surface area contributed by atoms with Crippen molar-refractivity contribution in [2.45, 2.75) is 44.9 Å². The normalized spacial score (nSPS) is 12.0. The zero-order valence-corrected chi connectivity index (χ0v) is 8.48. The summed E-state index contributed by atoms with van der Waals surface area (Å²) in [6, 6.07) is 4.03. The summed E-state index contributed by atoms with van der Waals surface area (Å²) in [5.74, 6) is 0. The minimum atomic E-state index is -0.878. The molecule has 62 valence electrons. The summed E-state index contributed by atoms with van der Waals surface area (Å²) in [6.45, 7) is 7.38. The van der Waals surface area contributed by atoms with Crippen molar-refractivity contribution in [3.63, 3.8) is 0 Å². The second-order valence-electron chi connectivity index (χ2n) is 3.34. The van der Waals surface area contributed by atoms with E-state index in [1.165, 1.54) is 18.1 Å². The molecule has 0 aliphatic rings.